The third-order valence-corrected chi connectivity index (χ3v) is 2.83. The lowest BCUT2D eigenvalue weighted by Gasteiger charge is -2.02. The summed E-state index contributed by atoms with van der Waals surface area (Å²) in [5, 5.41) is 2.01. The van der Waals surface area contributed by atoms with E-state index in [0.29, 0.717) is 13.2 Å². The van der Waals surface area contributed by atoms with Gasteiger partial charge in [0.1, 0.15) is 5.82 Å². The largest absolute Gasteiger partial charge is 0.371 e. The normalized spacial score (nSPS) is 10.5. The van der Waals surface area contributed by atoms with Gasteiger partial charge >= 0.3 is 0 Å². The minimum absolute atomic E-state index is 0.216. The first-order chi connectivity index (χ1) is 7.34. The van der Waals surface area contributed by atoms with Crippen LogP contribution in [0.4, 0.5) is 4.39 Å². The maximum atomic E-state index is 12.8. The molecule has 78 valence electrons. The minimum atomic E-state index is -0.216. The Morgan fingerprint density at radius 3 is 2.80 bits per heavy atom. The maximum absolute atomic E-state index is 12.8. The molecule has 0 aliphatic rings. The Labute approximate surface area is 92.1 Å². The van der Waals surface area contributed by atoms with Gasteiger partial charge < -0.3 is 4.74 Å². The average molecular weight is 222 g/mol. The van der Waals surface area contributed by atoms with Crippen LogP contribution in [0.15, 0.2) is 41.8 Å². The zero-order chi connectivity index (χ0) is 10.5. The molecule has 0 N–H and O–H groups in total. The number of hydrogen-bond donors (Lipinski definition) is 0. The summed E-state index contributed by atoms with van der Waals surface area (Å²) in [5.41, 5.74) is 0.867. The van der Waals surface area contributed by atoms with Crippen molar-refractivity contribution >= 4 is 11.3 Å². The van der Waals surface area contributed by atoms with Gasteiger partial charge in [-0.2, -0.15) is 0 Å². The lowest BCUT2D eigenvalue weighted by molar-refractivity contribution is 0.109. The van der Waals surface area contributed by atoms with Crippen LogP contribution in [0.5, 0.6) is 0 Å². The highest BCUT2D eigenvalue weighted by Crippen LogP contribution is 2.11. The number of rotatable bonds is 4. The topological polar surface area (TPSA) is 9.23 Å². The third kappa shape index (κ3) is 3.15. The molecule has 3 heteroatoms. The standard InChI is InChI=1S/C12H11FOS/c13-11-4-1-3-10(7-11)8-14-9-12-5-2-6-15-12/h1-7H,8-9H2. The zero-order valence-corrected chi connectivity index (χ0v) is 8.97. The predicted molar refractivity (Wildman–Crippen MR) is 59.2 cm³/mol. The van der Waals surface area contributed by atoms with Crippen molar-refractivity contribution in [2.24, 2.45) is 0 Å². The van der Waals surface area contributed by atoms with Crippen LogP contribution in [0.25, 0.3) is 0 Å². The highest BCUT2D eigenvalue weighted by molar-refractivity contribution is 7.09. The van der Waals surface area contributed by atoms with Crippen molar-refractivity contribution in [3.8, 4) is 0 Å². The van der Waals surface area contributed by atoms with E-state index in [1.807, 2.05) is 23.6 Å². The summed E-state index contributed by atoms with van der Waals surface area (Å²) >= 11 is 1.66. The SMILES string of the molecule is Fc1cccc(COCc2cccs2)c1. The van der Waals surface area contributed by atoms with Crippen molar-refractivity contribution in [3.63, 3.8) is 0 Å². The molecule has 0 aliphatic heterocycles. The Kier molecular flexibility index (Phi) is 3.48. The van der Waals surface area contributed by atoms with E-state index < -0.39 is 0 Å². The fourth-order valence-electron chi connectivity index (χ4n) is 1.29. The monoisotopic (exact) mass is 222 g/mol. The van der Waals surface area contributed by atoms with Gasteiger partial charge in [0.05, 0.1) is 13.2 Å². The zero-order valence-electron chi connectivity index (χ0n) is 8.15. The second kappa shape index (κ2) is 5.05. The van der Waals surface area contributed by atoms with Crippen molar-refractivity contribution in [2.75, 3.05) is 0 Å². The number of ether oxygens (including phenoxy) is 1. The van der Waals surface area contributed by atoms with E-state index in [1.165, 1.54) is 17.0 Å². The fourth-order valence-corrected chi connectivity index (χ4v) is 1.93. The summed E-state index contributed by atoms with van der Waals surface area (Å²) in [7, 11) is 0. The molecule has 0 atom stereocenters. The molecule has 1 nitrogen and oxygen atoms in total. The third-order valence-electron chi connectivity index (χ3n) is 1.98. The van der Waals surface area contributed by atoms with E-state index >= 15 is 0 Å². The quantitative estimate of drug-likeness (QED) is 0.768. The van der Waals surface area contributed by atoms with E-state index in [1.54, 1.807) is 17.4 Å². The first kappa shape index (κ1) is 10.3. The van der Waals surface area contributed by atoms with Gasteiger partial charge in [-0.25, -0.2) is 4.39 Å². The van der Waals surface area contributed by atoms with E-state index in [0.717, 1.165) is 5.56 Å². The van der Waals surface area contributed by atoms with Crippen LogP contribution < -0.4 is 0 Å². The Hall–Kier alpha value is -1.19. The molecule has 0 amide bonds. The summed E-state index contributed by atoms with van der Waals surface area (Å²) in [6.07, 6.45) is 0. The van der Waals surface area contributed by atoms with Crippen LogP contribution >= 0.6 is 11.3 Å². The number of benzene rings is 1. The summed E-state index contributed by atoms with van der Waals surface area (Å²) in [6.45, 7) is 1.05. The van der Waals surface area contributed by atoms with Gasteiger partial charge in [-0.05, 0) is 29.1 Å². The molecule has 15 heavy (non-hydrogen) atoms. The molecular weight excluding hydrogens is 211 g/mol. The molecule has 0 radical (unpaired) electrons. The van der Waals surface area contributed by atoms with Crippen molar-refractivity contribution in [2.45, 2.75) is 13.2 Å². The highest BCUT2D eigenvalue weighted by Gasteiger charge is 1.97. The molecule has 0 saturated heterocycles. The Morgan fingerprint density at radius 2 is 2.07 bits per heavy atom. The average Bonchev–Trinajstić information content (AvgIpc) is 2.71. The molecule has 1 aromatic heterocycles. The van der Waals surface area contributed by atoms with Crippen LogP contribution in [0, 0.1) is 5.82 Å². The van der Waals surface area contributed by atoms with E-state index in [-0.39, 0.29) is 5.82 Å². The van der Waals surface area contributed by atoms with Crippen LogP contribution in [0.2, 0.25) is 0 Å². The lowest BCUT2D eigenvalue weighted by Crippen LogP contribution is -1.92. The highest BCUT2D eigenvalue weighted by atomic mass is 32.1. The van der Waals surface area contributed by atoms with Crippen LogP contribution in [0.3, 0.4) is 0 Å². The van der Waals surface area contributed by atoms with Gasteiger partial charge in [0, 0.05) is 4.88 Å². The molecule has 0 unspecified atom stereocenters. The molecule has 2 rings (SSSR count). The van der Waals surface area contributed by atoms with Crippen LogP contribution in [0.1, 0.15) is 10.4 Å². The molecule has 2 aromatic rings. The lowest BCUT2D eigenvalue weighted by atomic mass is 10.2. The molecule has 0 aliphatic carbocycles. The van der Waals surface area contributed by atoms with E-state index in [4.69, 9.17) is 4.74 Å². The summed E-state index contributed by atoms with van der Waals surface area (Å²) in [5.74, 6) is -0.216. The predicted octanol–water partition coefficient (Wildman–Crippen LogP) is 3.60. The molecule has 0 fully saturated rings. The molecule has 0 saturated carbocycles. The van der Waals surface area contributed by atoms with Crippen molar-refractivity contribution < 1.29 is 9.13 Å². The van der Waals surface area contributed by atoms with Gasteiger partial charge in [-0.3, -0.25) is 0 Å². The van der Waals surface area contributed by atoms with Gasteiger partial charge in [-0.1, -0.05) is 18.2 Å². The number of halogens is 1. The minimum Gasteiger partial charge on any atom is -0.371 e. The van der Waals surface area contributed by atoms with E-state index in [2.05, 4.69) is 0 Å². The second-order valence-corrected chi connectivity index (χ2v) is 4.23. The molecule has 1 heterocycles. The van der Waals surface area contributed by atoms with Crippen molar-refractivity contribution in [3.05, 3.63) is 58.0 Å². The van der Waals surface area contributed by atoms with Crippen molar-refractivity contribution in [1.29, 1.82) is 0 Å². The Morgan fingerprint density at radius 1 is 1.13 bits per heavy atom. The van der Waals surface area contributed by atoms with Crippen molar-refractivity contribution in [1.82, 2.24) is 0 Å². The fraction of sp³-hybridized carbons (Fsp3) is 0.167. The first-order valence-corrected chi connectivity index (χ1v) is 5.57. The smallest absolute Gasteiger partial charge is 0.123 e. The van der Waals surface area contributed by atoms with Gasteiger partial charge in [0.15, 0.2) is 0 Å². The number of hydrogen-bond acceptors (Lipinski definition) is 2. The first-order valence-electron chi connectivity index (χ1n) is 4.69. The Bertz CT molecular complexity index is 411. The Balaban J connectivity index is 1.83. The maximum Gasteiger partial charge on any atom is 0.123 e. The van der Waals surface area contributed by atoms with Gasteiger partial charge in [-0.15, -0.1) is 11.3 Å². The second-order valence-electron chi connectivity index (χ2n) is 3.20. The van der Waals surface area contributed by atoms with E-state index in [9.17, 15) is 4.39 Å². The van der Waals surface area contributed by atoms with Crippen LogP contribution in [-0.2, 0) is 18.0 Å². The summed E-state index contributed by atoms with van der Waals surface area (Å²) in [6, 6.07) is 10.5. The molecule has 1 aromatic carbocycles. The summed E-state index contributed by atoms with van der Waals surface area (Å²) < 4.78 is 18.3. The molecule has 0 spiro atoms. The van der Waals surface area contributed by atoms with Gasteiger partial charge in [0.25, 0.3) is 0 Å². The van der Waals surface area contributed by atoms with Crippen LogP contribution in [-0.4, -0.2) is 0 Å². The number of thiophene rings is 1. The molecular formula is C12H11FOS. The summed E-state index contributed by atoms with van der Waals surface area (Å²) in [4.78, 5) is 1.19. The molecule has 0 bridgehead atoms. The van der Waals surface area contributed by atoms with Gasteiger partial charge in [0.2, 0.25) is 0 Å².